The molecular formula is C14H14F3N3. The summed E-state index contributed by atoms with van der Waals surface area (Å²) in [4.78, 5) is 8.28. The molecule has 0 bridgehead atoms. The van der Waals surface area contributed by atoms with Crippen LogP contribution in [-0.2, 0) is 12.6 Å². The van der Waals surface area contributed by atoms with Crippen LogP contribution in [0.15, 0.2) is 36.5 Å². The van der Waals surface area contributed by atoms with Crippen LogP contribution in [-0.4, -0.2) is 16.5 Å². The van der Waals surface area contributed by atoms with Gasteiger partial charge in [-0.05, 0) is 31.2 Å². The molecule has 0 aliphatic heterocycles. The summed E-state index contributed by atoms with van der Waals surface area (Å²) < 4.78 is 38.6. The zero-order chi connectivity index (χ0) is 14.6. The highest BCUT2D eigenvalue weighted by molar-refractivity contribution is 5.41. The zero-order valence-corrected chi connectivity index (χ0v) is 10.9. The van der Waals surface area contributed by atoms with Crippen LogP contribution < -0.4 is 5.32 Å². The lowest BCUT2D eigenvalue weighted by atomic mass is 10.1. The zero-order valence-electron chi connectivity index (χ0n) is 10.9. The van der Waals surface area contributed by atoms with Gasteiger partial charge in [0.25, 0.3) is 0 Å². The summed E-state index contributed by atoms with van der Waals surface area (Å²) in [6.07, 6.45) is -2.51. The Labute approximate surface area is 114 Å². The number of rotatable bonds is 4. The maximum absolute atomic E-state index is 12.9. The van der Waals surface area contributed by atoms with Crippen molar-refractivity contribution in [3.05, 3.63) is 53.5 Å². The second kappa shape index (κ2) is 5.90. The molecule has 0 aliphatic rings. The van der Waals surface area contributed by atoms with E-state index in [-0.39, 0.29) is 12.2 Å². The van der Waals surface area contributed by atoms with Crippen LogP contribution in [0, 0.1) is 0 Å². The molecule has 2 aromatic rings. The second-order valence-corrected chi connectivity index (χ2v) is 4.26. The molecule has 0 saturated carbocycles. The summed E-state index contributed by atoms with van der Waals surface area (Å²) >= 11 is 0. The Bertz CT molecular complexity index is 568. The van der Waals surface area contributed by atoms with Crippen LogP contribution in [0.3, 0.4) is 0 Å². The van der Waals surface area contributed by atoms with Crippen molar-refractivity contribution < 1.29 is 13.2 Å². The van der Waals surface area contributed by atoms with Gasteiger partial charge in [0.15, 0.2) is 0 Å². The lowest BCUT2D eigenvalue weighted by molar-refractivity contribution is -0.137. The monoisotopic (exact) mass is 281 g/mol. The van der Waals surface area contributed by atoms with Crippen LogP contribution >= 0.6 is 0 Å². The molecule has 0 fully saturated rings. The highest BCUT2D eigenvalue weighted by Crippen LogP contribution is 2.31. The molecule has 0 unspecified atom stereocenters. The fourth-order valence-corrected chi connectivity index (χ4v) is 1.80. The van der Waals surface area contributed by atoms with Crippen LogP contribution in [0.2, 0.25) is 0 Å². The molecule has 1 N–H and O–H groups in total. The molecule has 0 radical (unpaired) electrons. The lowest BCUT2D eigenvalue weighted by Gasteiger charge is -2.12. The first-order chi connectivity index (χ1) is 9.49. The van der Waals surface area contributed by atoms with Gasteiger partial charge < -0.3 is 5.32 Å². The molecule has 0 saturated heterocycles. The number of aromatic nitrogens is 2. The quantitative estimate of drug-likeness (QED) is 0.931. The van der Waals surface area contributed by atoms with Crippen molar-refractivity contribution in [2.45, 2.75) is 19.5 Å². The molecule has 20 heavy (non-hydrogen) atoms. The summed E-state index contributed by atoms with van der Waals surface area (Å²) in [5, 5.41) is 2.81. The number of hydrogen-bond acceptors (Lipinski definition) is 3. The van der Waals surface area contributed by atoms with Crippen molar-refractivity contribution in [2.24, 2.45) is 0 Å². The Balaban J connectivity index is 2.34. The minimum Gasteiger partial charge on any atom is -0.370 e. The Kier molecular flexibility index (Phi) is 4.22. The van der Waals surface area contributed by atoms with Gasteiger partial charge in [0.05, 0.1) is 5.56 Å². The number of halogens is 3. The minimum atomic E-state index is -4.38. The van der Waals surface area contributed by atoms with E-state index in [0.29, 0.717) is 17.9 Å². The van der Waals surface area contributed by atoms with Crippen LogP contribution in [0.4, 0.5) is 19.0 Å². The number of pyridine rings is 2. The van der Waals surface area contributed by atoms with E-state index in [2.05, 4.69) is 15.3 Å². The average Bonchev–Trinajstić information content (AvgIpc) is 2.39. The van der Waals surface area contributed by atoms with E-state index in [1.54, 1.807) is 31.3 Å². The third kappa shape index (κ3) is 3.69. The third-order valence-electron chi connectivity index (χ3n) is 2.65. The maximum atomic E-state index is 12.9. The standard InChI is InChI=1S/C14H14F3N3/c1-2-18-13-8-10(14(15,16)17)7-12(20-13)9-11-5-3-4-6-19-11/h3-8H,2,9H2,1H3,(H,18,20). The van der Waals surface area contributed by atoms with Crippen molar-refractivity contribution in [1.29, 1.82) is 0 Å². The van der Waals surface area contributed by atoms with Crippen molar-refractivity contribution in [3.8, 4) is 0 Å². The van der Waals surface area contributed by atoms with E-state index in [1.165, 1.54) is 0 Å². The summed E-state index contributed by atoms with van der Waals surface area (Å²) in [6, 6.07) is 7.39. The number of nitrogens with one attached hydrogen (secondary N) is 1. The van der Waals surface area contributed by atoms with Crippen molar-refractivity contribution in [2.75, 3.05) is 11.9 Å². The van der Waals surface area contributed by atoms with Crippen molar-refractivity contribution in [3.63, 3.8) is 0 Å². The molecule has 0 spiro atoms. The molecule has 0 aliphatic carbocycles. The highest BCUT2D eigenvalue weighted by atomic mass is 19.4. The fourth-order valence-electron chi connectivity index (χ4n) is 1.80. The summed E-state index contributed by atoms with van der Waals surface area (Å²) in [7, 11) is 0. The van der Waals surface area contributed by atoms with E-state index >= 15 is 0 Å². The molecule has 0 aromatic carbocycles. The normalized spacial score (nSPS) is 11.4. The molecule has 2 heterocycles. The minimum absolute atomic E-state index is 0.230. The largest absolute Gasteiger partial charge is 0.416 e. The number of hydrogen-bond donors (Lipinski definition) is 1. The van der Waals surface area contributed by atoms with Crippen molar-refractivity contribution in [1.82, 2.24) is 9.97 Å². The van der Waals surface area contributed by atoms with Gasteiger partial charge in [-0.25, -0.2) is 4.98 Å². The topological polar surface area (TPSA) is 37.8 Å². The molecule has 2 rings (SSSR count). The van der Waals surface area contributed by atoms with Gasteiger partial charge in [-0.2, -0.15) is 13.2 Å². The second-order valence-electron chi connectivity index (χ2n) is 4.26. The first kappa shape index (κ1) is 14.3. The van der Waals surface area contributed by atoms with E-state index in [0.717, 1.165) is 12.1 Å². The third-order valence-corrected chi connectivity index (χ3v) is 2.65. The maximum Gasteiger partial charge on any atom is 0.416 e. The Morgan fingerprint density at radius 3 is 2.55 bits per heavy atom. The van der Waals surface area contributed by atoms with E-state index < -0.39 is 11.7 Å². The number of nitrogens with zero attached hydrogens (tertiary/aromatic N) is 2. The summed E-state index contributed by atoms with van der Waals surface area (Å²) in [6.45, 7) is 2.32. The summed E-state index contributed by atoms with van der Waals surface area (Å²) in [5.74, 6) is 0.230. The van der Waals surface area contributed by atoms with Crippen LogP contribution in [0.25, 0.3) is 0 Å². The Morgan fingerprint density at radius 2 is 1.95 bits per heavy atom. The predicted molar refractivity (Wildman–Crippen MR) is 70.4 cm³/mol. The first-order valence-corrected chi connectivity index (χ1v) is 6.21. The van der Waals surface area contributed by atoms with E-state index in [1.807, 2.05) is 0 Å². The van der Waals surface area contributed by atoms with Crippen molar-refractivity contribution >= 4 is 5.82 Å². The van der Waals surface area contributed by atoms with Gasteiger partial charge in [0, 0.05) is 30.6 Å². The van der Waals surface area contributed by atoms with Gasteiger partial charge in [-0.1, -0.05) is 6.07 Å². The van der Waals surface area contributed by atoms with Gasteiger partial charge in [0.1, 0.15) is 5.82 Å². The molecule has 3 nitrogen and oxygen atoms in total. The summed E-state index contributed by atoms with van der Waals surface area (Å²) in [5.41, 5.74) is 0.325. The predicted octanol–water partition coefficient (Wildman–Crippen LogP) is 3.52. The fraction of sp³-hybridized carbons (Fsp3) is 0.286. The Hall–Kier alpha value is -2.11. The van der Waals surface area contributed by atoms with Gasteiger partial charge in [0.2, 0.25) is 0 Å². The van der Waals surface area contributed by atoms with E-state index in [4.69, 9.17) is 0 Å². The smallest absolute Gasteiger partial charge is 0.370 e. The van der Waals surface area contributed by atoms with Gasteiger partial charge >= 0.3 is 6.18 Å². The number of alkyl halides is 3. The molecule has 0 amide bonds. The molecule has 6 heteroatoms. The van der Waals surface area contributed by atoms with E-state index in [9.17, 15) is 13.2 Å². The van der Waals surface area contributed by atoms with Gasteiger partial charge in [-0.15, -0.1) is 0 Å². The first-order valence-electron chi connectivity index (χ1n) is 6.21. The Morgan fingerprint density at radius 1 is 1.15 bits per heavy atom. The average molecular weight is 281 g/mol. The van der Waals surface area contributed by atoms with Crippen LogP contribution in [0.5, 0.6) is 0 Å². The highest BCUT2D eigenvalue weighted by Gasteiger charge is 2.31. The number of anilines is 1. The molecular weight excluding hydrogens is 267 g/mol. The molecule has 2 aromatic heterocycles. The SMILES string of the molecule is CCNc1cc(C(F)(F)F)cc(Cc2ccccn2)n1. The lowest BCUT2D eigenvalue weighted by Crippen LogP contribution is -2.10. The molecule has 0 atom stereocenters. The van der Waals surface area contributed by atoms with Crippen LogP contribution in [0.1, 0.15) is 23.9 Å². The molecule has 106 valence electrons. The van der Waals surface area contributed by atoms with Gasteiger partial charge in [-0.3, -0.25) is 4.98 Å².